The summed E-state index contributed by atoms with van der Waals surface area (Å²) in [6.07, 6.45) is 8.13. The van der Waals surface area contributed by atoms with Gasteiger partial charge in [0.15, 0.2) is 0 Å². The number of amides is 1. The van der Waals surface area contributed by atoms with Crippen LogP contribution in [0.2, 0.25) is 0 Å². The summed E-state index contributed by atoms with van der Waals surface area (Å²) in [6, 6.07) is 17.1. The van der Waals surface area contributed by atoms with Crippen molar-refractivity contribution in [2.24, 2.45) is 22.9 Å². The van der Waals surface area contributed by atoms with Crippen LogP contribution in [0.5, 0.6) is 17.2 Å². The maximum atomic E-state index is 14.1. The lowest BCUT2D eigenvalue weighted by Gasteiger charge is -2.59. The van der Waals surface area contributed by atoms with E-state index in [2.05, 4.69) is 37.7 Å². The van der Waals surface area contributed by atoms with Crippen LogP contribution in [0.3, 0.4) is 0 Å². The van der Waals surface area contributed by atoms with E-state index in [0.29, 0.717) is 35.6 Å². The summed E-state index contributed by atoms with van der Waals surface area (Å²) < 4.78 is 40.2. The Bertz CT molecular complexity index is 1900. The van der Waals surface area contributed by atoms with Gasteiger partial charge in [0, 0.05) is 37.7 Å². The van der Waals surface area contributed by atoms with Gasteiger partial charge in [-0.25, -0.2) is 9.18 Å². The first-order valence-electron chi connectivity index (χ1n) is 19.6. The molecule has 3 aromatic carbocycles. The Morgan fingerprint density at radius 2 is 1.70 bits per heavy atom. The number of nitrogens with zero attached hydrogens (tertiary/aromatic N) is 2. The molecule has 1 saturated carbocycles. The molecular weight excluding hydrogens is 715 g/mol. The quantitative estimate of drug-likeness (QED) is 0.0795. The molecule has 300 valence electrons. The van der Waals surface area contributed by atoms with Crippen LogP contribution in [-0.2, 0) is 20.9 Å². The largest absolute Gasteiger partial charge is 0.459 e. The van der Waals surface area contributed by atoms with Crippen LogP contribution in [0.4, 0.5) is 9.18 Å². The summed E-state index contributed by atoms with van der Waals surface area (Å²) in [6.45, 7) is 8.49. The monoisotopic (exact) mass is 770 g/mol. The molecule has 0 saturated heterocycles. The van der Waals surface area contributed by atoms with E-state index in [-0.39, 0.29) is 56.4 Å². The van der Waals surface area contributed by atoms with Gasteiger partial charge in [-0.15, -0.1) is 6.58 Å². The van der Waals surface area contributed by atoms with Crippen LogP contribution in [0, 0.1) is 37.4 Å². The molecule has 1 aliphatic heterocycles. The van der Waals surface area contributed by atoms with E-state index < -0.39 is 23.8 Å². The van der Waals surface area contributed by atoms with E-state index in [1.165, 1.54) is 31.9 Å². The molecule has 1 amide bonds. The molecule has 10 nitrogen and oxygen atoms in total. The number of rotatable bonds is 17. The summed E-state index contributed by atoms with van der Waals surface area (Å²) in [5.74, 6) is -0.444. The Kier molecular flexibility index (Phi) is 13.5. The molecule has 3 aromatic rings. The lowest BCUT2D eigenvalue weighted by atomic mass is 9.55. The summed E-state index contributed by atoms with van der Waals surface area (Å²) in [4.78, 5) is 21.1. The number of carbonyl (C=O) groups excluding carboxylic acids is 1. The van der Waals surface area contributed by atoms with Crippen molar-refractivity contribution < 1.29 is 43.2 Å². The molecule has 6 rings (SSSR count). The maximum absolute atomic E-state index is 14.1. The van der Waals surface area contributed by atoms with E-state index in [1.807, 2.05) is 30.3 Å². The van der Waals surface area contributed by atoms with Crippen molar-refractivity contribution in [2.75, 3.05) is 34.0 Å². The van der Waals surface area contributed by atoms with E-state index >= 15 is 0 Å². The highest BCUT2D eigenvalue weighted by molar-refractivity contribution is 6.03. The average Bonchev–Trinajstić information content (AvgIpc) is 3.20. The summed E-state index contributed by atoms with van der Waals surface area (Å²) >= 11 is 0. The molecular formula is C45H55FN2O8. The first-order chi connectivity index (χ1) is 27.2. The Morgan fingerprint density at radius 3 is 2.38 bits per heavy atom. The third-order valence-corrected chi connectivity index (χ3v) is 11.6. The lowest BCUT2D eigenvalue weighted by molar-refractivity contribution is -0.256. The second-order valence-corrected chi connectivity index (χ2v) is 15.0. The summed E-state index contributed by atoms with van der Waals surface area (Å²) in [5, 5.41) is 24.3. The molecule has 1 fully saturated rings. The summed E-state index contributed by atoms with van der Waals surface area (Å²) in [5.41, 5.74) is 5.52. The third kappa shape index (κ3) is 8.50. The average molecular weight is 771 g/mol. The molecule has 0 aromatic heterocycles. The van der Waals surface area contributed by atoms with Crippen molar-refractivity contribution in [3.05, 3.63) is 113 Å². The van der Waals surface area contributed by atoms with Gasteiger partial charge in [-0.05, 0) is 116 Å². The number of aryl methyl sites for hydroxylation is 2. The Morgan fingerprint density at radius 1 is 0.982 bits per heavy atom. The van der Waals surface area contributed by atoms with Crippen molar-refractivity contribution >= 4 is 11.8 Å². The number of aliphatic hydroxyl groups is 2. The van der Waals surface area contributed by atoms with Gasteiger partial charge in [0.2, 0.25) is 5.79 Å². The minimum atomic E-state index is -1.46. The van der Waals surface area contributed by atoms with Gasteiger partial charge < -0.3 is 34.0 Å². The van der Waals surface area contributed by atoms with Crippen molar-refractivity contribution in [2.45, 2.75) is 83.1 Å². The Hall–Kier alpha value is -4.71. The van der Waals surface area contributed by atoms with Crippen molar-refractivity contribution in [3.8, 4) is 17.2 Å². The maximum Gasteiger partial charge on any atom is 0.410 e. The number of unbranched alkanes of at least 4 members (excludes halogenated alkanes) is 2. The third-order valence-electron chi connectivity index (χ3n) is 11.6. The van der Waals surface area contributed by atoms with Crippen molar-refractivity contribution in [1.82, 2.24) is 4.90 Å². The molecule has 1 heterocycles. The predicted octanol–water partition coefficient (Wildman–Crippen LogP) is 8.77. The fourth-order valence-electron chi connectivity index (χ4n) is 8.94. The molecule has 0 radical (unpaired) electrons. The topological polar surface area (TPSA) is 119 Å². The van der Waals surface area contributed by atoms with Crippen LogP contribution in [0.1, 0.15) is 73.1 Å². The zero-order valence-corrected chi connectivity index (χ0v) is 32.9. The number of benzene rings is 3. The number of oxime groups is 1. The molecule has 6 atom stereocenters. The van der Waals surface area contributed by atoms with E-state index in [4.69, 9.17) is 23.8 Å². The van der Waals surface area contributed by atoms with Gasteiger partial charge in [-0.1, -0.05) is 48.3 Å². The van der Waals surface area contributed by atoms with Crippen LogP contribution in [-0.4, -0.2) is 72.8 Å². The number of hydrogen-bond acceptors (Lipinski definition) is 9. The normalized spacial score (nSPS) is 24.3. The summed E-state index contributed by atoms with van der Waals surface area (Å²) in [7, 11) is 2.84. The predicted molar refractivity (Wildman–Crippen MR) is 212 cm³/mol. The molecule has 2 aliphatic carbocycles. The SMILES string of the molecule is C=CCOC12Oc3ccc(Oc4ccc(C)c(C)c4)cc3C3C(CCCCO)C(CCCCO)C=C(C(=NOC)CC1N(Cc1ccc(F)cc1)C(=O)OC)C32. The molecule has 6 unspecified atom stereocenters. The van der Waals surface area contributed by atoms with E-state index in [0.717, 1.165) is 48.1 Å². The smallest absolute Gasteiger partial charge is 0.410 e. The van der Waals surface area contributed by atoms with Crippen molar-refractivity contribution in [3.63, 3.8) is 0 Å². The number of aliphatic hydroxyl groups excluding tert-OH is 2. The standard InChI is InChI=1S/C45H55FN2O8/c1-6-23-54-45-41(48(44(51)52-4)28-31-14-16-33(46)17-15-31)27-39(47-53-5)37-25-32(11-7-9-21-49)36(12-8-10-22-50)42(43(37)45)38-26-35(19-20-40(38)56-45)55-34-18-13-29(2)30(3)24-34/h6,13-20,24-26,32,36,41-43,49-50H,1,7-12,21-23,27-28H2,2-5H3. The second kappa shape index (κ2) is 18.5. The molecule has 56 heavy (non-hydrogen) atoms. The number of hydrogen-bond donors (Lipinski definition) is 2. The molecule has 2 N–H and O–H groups in total. The molecule has 11 heteroatoms. The lowest BCUT2D eigenvalue weighted by Crippen LogP contribution is -2.70. The number of carbonyl (C=O) groups is 1. The second-order valence-electron chi connectivity index (χ2n) is 15.0. The minimum Gasteiger partial charge on any atom is -0.459 e. The highest BCUT2D eigenvalue weighted by Crippen LogP contribution is 2.62. The number of allylic oxidation sites excluding steroid dienone is 1. The van der Waals surface area contributed by atoms with Crippen LogP contribution < -0.4 is 9.47 Å². The number of methoxy groups -OCH3 is 1. The van der Waals surface area contributed by atoms with Gasteiger partial charge >= 0.3 is 6.09 Å². The van der Waals surface area contributed by atoms with Gasteiger partial charge in [0.25, 0.3) is 0 Å². The Labute approximate surface area is 329 Å². The molecule has 0 spiro atoms. The fourth-order valence-corrected chi connectivity index (χ4v) is 8.94. The molecule has 3 aliphatic rings. The van der Waals surface area contributed by atoms with Crippen LogP contribution in [0.15, 0.2) is 90.1 Å². The van der Waals surface area contributed by atoms with E-state index in [1.54, 1.807) is 23.1 Å². The van der Waals surface area contributed by atoms with Crippen LogP contribution >= 0.6 is 0 Å². The van der Waals surface area contributed by atoms with Crippen molar-refractivity contribution in [1.29, 1.82) is 0 Å². The van der Waals surface area contributed by atoms with Crippen LogP contribution in [0.25, 0.3) is 0 Å². The number of ether oxygens (including phenoxy) is 4. The number of fused-ring (bicyclic) bond motifs is 2. The van der Waals surface area contributed by atoms with Gasteiger partial charge in [-0.2, -0.15) is 0 Å². The van der Waals surface area contributed by atoms with Gasteiger partial charge in [0.05, 0.1) is 25.3 Å². The number of halogens is 1. The Balaban J connectivity index is 1.58. The highest BCUT2D eigenvalue weighted by Gasteiger charge is 2.65. The van der Waals surface area contributed by atoms with Gasteiger partial charge in [-0.3, -0.25) is 4.90 Å². The molecule has 0 bridgehead atoms. The van der Waals surface area contributed by atoms with Gasteiger partial charge in [0.1, 0.15) is 36.2 Å². The zero-order valence-electron chi connectivity index (χ0n) is 32.9. The highest BCUT2D eigenvalue weighted by atomic mass is 19.1. The zero-order chi connectivity index (χ0) is 39.8. The first kappa shape index (κ1) is 40.9. The minimum absolute atomic E-state index is 0.0476. The fraction of sp³-hybridized carbons (Fsp3) is 0.467. The first-order valence-corrected chi connectivity index (χ1v) is 19.6. The van der Waals surface area contributed by atoms with E-state index in [9.17, 15) is 19.4 Å².